The summed E-state index contributed by atoms with van der Waals surface area (Å²) in [6.45, 7) is 6.88. The summed E-state index contributed by atoms with van der Waals surface area (Å²) in [7, 11) is -4.46. The van der Waals surface area contributed by atoms with Gasteiger partial charge in [-0.05, 0) is 58.0 Å². The summed E-state index contributed by atoms with van der Waals surface area (Å²) in [6, 6.07) is 12.3. The van der Waals surface area contributed by atoms with Crippen molar-refractivity contribution in [1.29, 1.82) is 0 Å². The van der Waals surface area contributed by atoms with E-state index in [-0.39, 0.29) is 27.8 Å². The molecule has 1 aromatic heterocycles. The standard InChI is InChI=1S/C27H31F3N6O8S/c1-6-34(36(39)33-44-19(5)43-26(38)42-17(2)3)16-25(37)32-45(40,41)22-13-11-21(12-14-22)35-23(15-24(31-35)27(28,29)30)20-9-7-18(4)8-10-20/h7-15,17,19H,6,16H2,1-5H3,(H,32,37)/b36-33-. The maximum atomic E-state index is 13.5. The Kier molecular flexibility index (Phi) is 11.0. The van der Waals surface area contributed by atoms with Crippen LogP contribution in [0.3, 0.4) is 0 Å². The lowest BCUT2D eigenvalue weighted by molar-refractivity contribution is -0.710. The lowest BCUT2D eigenvalue weighted by atomic mass is 10.1. The number of aromatic nitrogens is 2. The number of hydrogen-bond donors (Lipinski definition) is 1. The number of hydrogen-bond acceptors (Lipinski definition) is 10. The second kappa shape index (κ2) is 14.3. The van der Waals surface area contributed by atoms with Crippen LogP contribution in [0.2, 0.25) is 0 Å². The molecule has 0 aliphatic heterocycles. The van der Waals surface area contributed by atoms with Crippen LogP contribution in [0.4, 0.5) is 18.0 Å². The number of nitrogens with one attached hydrogen (secondary N) is 1. The minimum absolute atomic E-state index is 0.101. The van der Waals surface area contributed by atoms with E-state index in [0.717, 1.165) is 33.5 Å². The van der Waals surface area contributed by atoms with Crippen LogP contribution in [0, 0.1) is 12.1 Å². The lowest BCUT2D eigenvalue weighted by Crippen LogP contribution is -2.42. The molecule has 2 aromatic carbocycles. The number of aryl methyl sites for hydroxylation is 1. The van der Waals surface area contributed by atoms with E-state index in [9.17, 15) is 36.4 Å². The van der Waals surface area contributed by atoms with Crippen molar-refractivity contribution in [3.63, 3.8) is 0 Å². The van der Waals surface area contributed by atoms with Gasteiger partial charge in [0, 0.05) is 12.5 Å². The van der Waals surface area contributed by atoms with Gasteiger partial charge in [0.05, 0.1) is 33.9 Å². The van der Waals surface area contributed by atoms with Gasteiger partial charge in [0.15, 0.2) is 12.2 Å². The first-order chi connectivity index (χ1) is 21.0. The van der Waals surface area contributed by atoms with Gasteiger partial charge in [0.2, 0.25) is 5.28 Å². The molecule has 0 spiro atoms. The van der Waals surface area contributed by atoms with E-state index in [1.54, 1.807) is 38.1 Å². The van der Waals surface area contributed by atoms with Gasteiger partial charge in [-0.25, -0.2) is 22.6 Å². The van der Waals surface area contributed by atoms with Crippen molar-refractivity contribution >= 4 is 22.1 Å². The summed E-state index contributed by atoms with van der Waals surface area (Å²) in [5, 5.41) is 19.9. The zero-order chi connectivity index (χ0) is 33.5. The van der Waals surface area contributed by atoms with Gasteiger partial charge < -0.3 is 14.7 Å². The summed E-state index contributed by atoms with van der Waals surface area (Å²) >= 11 is 0. The number of alkyl halides is 3. The van der Waals surface area contributed by atoms with Gasteiger partial charge in [-0.1, -0.05) is 29.8 Å². The van der Waals surface area contributed by atoms with Crippen molar-refractivity contribution in [2.24, 2.45) is 5.28 Å². The number of likely N-dealkylation sites (N-methyl/N-ethyl adjacent to an activating group) is 1. The van der Waals surface area contributed by atoms with E-state index in [2.05, 4.69) is 10.4 Å². The molecule has 3 aromatic rings. The van der Waals surface area contributed by atoms with E-state index < -0.39 is 52.9 Å². The van der Waals surface area contributed by atoms with Crippen molar-refractivity contribution < 1.29 is 50.5 Å². The first kappa shape index (κ1) is 34.6. The van der Waals surface area contributed by atoms with Crippen molar-refractivity contribution in [3.05, 3.63) is 71.1 Å². The molecular weight excluding hydrogens is 625 g/mol. The molecule has 14 nitrogen and oxygen atoms in total. The van der Waals surface area contributed by atoms with Gasteiger partial charge in [0.25, 0.3) is 22.2 Å². The second-order valence-corrected chi connectivity index (χ2v) is 11.4. The summed E-state index contributed by atoms with van der Waals surface area (Å²) in [5.74, 6) is -1.11. The highest BCUT2D eigenvalue weighted by atomic mass is 32.2. The number of nitrogens with zero attached hydrogens (tertiary/aromatic N) is 5. The van der Waals surface area contributed by atoms with Gasteiger partial charge in [-0.3, -0.25) is 9.63 Å². The maximum absolute atomic E-state index is 13.5. The van der Waals surface area contributed by atoms with E-state index in [1.165, 1.54) is 26.0 Å². The van der Waals surface area contributed by atoms with Crippen LogP contribution in [0.1, 0.15) is 39.0 Å². The maximum Gasteiger partial charge on any atom is 0.511 e. The molecule has 1 amide bonds. The zero-order valence-electron chi connectivity index (χ0n) is 24.8. The molecular formula is C27H31F3N6O8S. The highest BCUT2D eigenvalue weighted by Crippen LogP contribution is 2.33. The molecule has 0 fully saturated rings. The minimum Gasteiger partial charge on any atom is -0.569 e. The Morgan fingerprint density at radius 2 is 1.71 bits per heavy atom. The Balaban J connectivity index is 1.72. The second-order valence-electron chi connectivity index (χ2n) is 9.74. The van der Waals surface area contributed by atoms with Crippen LogP contribution in [-0.4, -0.2) is 65.7 Å². The third kappa shape index (κ3) is 9.56. The predicted octanol–water partition coefficient (Wildman–Crippen LogP) is 4.71. The summed E-state index contributed by atoms with van der Waals surface area (Å²) in [5.41, 5.74) is 0.466. The number of ether oxygens (including phenoxy) is 2. The fraction of sp³-hybridized carbons (Fsp3) is 0.370. The molecule has 1 unspecified atom stereocenters. The van der Waals surface area contributed by atoms with Gasteiger partial charge in [-0.2, -0.15) is 18.3 Å². The summed E-state index contributed by atoms with van der Waals surface area (Å²) in [6.07, 6.45) is -7.56. The molecule has 0 radical (unpaired) electrons. The van der Waals surface area contributed by atoms with E-state index in [0.29, 0.717) is 5.56 Å². The van der Waals surface area contributed by atoms with Crippen molar-refractivity contribution in [2.75, 3.05) is 13.1 Å². The molecule has 1 atom stereocenters. The van der Waals surface area contributed by atoms with Gasteiger partial charge in [-0.15, -0.1) is 5.01 Å². The Labute approximate surface area is 256 Å². The van der Waals surface area contributed by atoms with E-state index in [4.69, 9.17) is 14.3 Å². The summed E-state index contributed by atoms with van der Waals surface area (Å²) < 4.78 is 78.5. The first-order valence-corrected chi connectivity index (χ1v) is 14.8. The van der Waals surface area contributed by atoms with Gasteiger partial charge >= 0.3 is 12.3 Å². The average Bonchev–Trinajstić information content (AvgIpc) is 3.41. The molecule has 0 bridgehead atoms. The third-order valence-electron chi connectivity index (χ3n) is 5.78. The first-order valence-electron chi connectivity index (χ1n) is 13.4. The van der Waals surface area contributed by atoms with Crippen LogP contribution >= 0.6 is 0 Å². The molecule has 1 N–H and O–H groups in total. The molecule has 1 heterocycles. The third-order valence-corrected chi connectivity index (χ3v) is 7.17. The monoisotopic (exact) mass is 656 g/mol. The number of carbonyl (C=O) groups excluding carboxylic acids is 2. The average molecular weight is 657 g/mol. The quantitative estimate of drug-likeness (QED) is 0.0948. The predicted molar refractivity (Wildman–Crippen MR) is 151 cm³/mol. The fourth-order valence-corrected chi connectivity index (χ4v) is 4.63. The zero-order valence-corrected chi connectivity index (χ0v) is 25.6. The number of benzene rings is 2. The van der Waals surface area contributed by atoms with Crippen LogP contribution in [-0.2, 0) is 35.3 Å². The number of halogens is 3. The van der Waals surface area contributed by atoms with E-state index in [1.807, 2.05) is 11.6 Å². The lowest BCUT2D eigenvalue weighted by Gasteiger charge is -2.17. The van der Waals surface area contributed by atoms with Crippen molar-refractivity contribution in [1.82, 2.24) is 19.5 Å². The molecule has 0 saturated heterocycles. The Bertz CT molecular complexity index is 1630. The topological polar surface area (TPSA) is 167 Å². The number of hydrazine groups is 1. The van der Waals surface area contributed by atoms with Crippen molar-refractivity contribution in [3.8, 4) is 16.9 Å². The van der Waals surface area contributed by atoms with Crippen molar-refractivity contribution in [2.45, 2.75) is 58.1 Å². The molecule has 244 valence electrons. The molecule has 0 aliphatic carbocycles. The number of amides is 1. The number of carbonyl (C=O) groups is 2. The van der Waals surface area contributed by atoms with Crippen LogP contribution in [0.15, 0.2) is 64.8 Å². The van der Waals surface area contributed by atoms with Crippen LogP contribution in [0.25, 0.3) is 16.9 Å². The fourth-order valence-electron chi connectivity index (χ4n) is 3.65. The van der Waals surface area contributed by atoms with E-state index >= 15 is 0 Å². The largest absolute Gasteiger partial charge is 0.569 e. The number of sulfonamides is 1. The Hall–Kier alpha value is -4.87. The smallest absolute Gasteiger partial charge is 0.511 e. The SMILES string of the molecule is CCN(CC(=O)NS(=O)(=O)c1ccc(-n2nc(C(F)(F)F)cc2-c2ccc(C)cc2)cc1)/[N+]([O-])=N/OC(C)OC(=O)OC(C)C. The highest BCUT2D eigenvalue weighted by molar-refractivity contribution is 7.90. The summed E-state index contributed by atoms with van der Waals surface area (Å²) in [4.78, 5) is 28.2. The molecule has 18 heteroatoms. The van der Waals surface area contributed by atoms with Crippen LogP contribution < -0.4 is 4.72 Å². The molecule has 0 aliphatic rings. The molecule has 3 rings (SSSR count). The molecule has 45 heavy (non-hydrogen) atoms. The normalized spacial score (nSPS) is 12.9. The number of rotatable bonds is 12. The van der Waals surface area contributed by atoms with Gasteiger partial charge in [0.1, 0.15) is 0 Å². The van der Waals surface area contributed by atoms with Crippen LogP contribution in [0.5, 0.6) is 0 Å². The minimum atomic E-state index is -4.73. The Morgan fingerprint density at radius 3 is 2.27 bits per heavy atom. The Morgan fingerprint density at radius 1 is 1.09 bits per heavy atom. The highest BCUT2D eigenvalue weighted by Gasteiger charge is 2.35. The molecule has 0 saturated carbocycles.